The Labute approximate surface area is 201 Å². The molecule has 0 aliphatic carbocycles. The third-order valence-electron chi connectivity index (χ3n) is 6.95. The molecule has 0 amide bonds. The number of nitrogens with zero attached hydrogens (tertiary/aromatic N) is 1. The highest BCUT2D eigenvalue weighted by molar-refractivity contribution is 6.67. The van der Waals surface area contributed by atoms with Crippen molar-refractivity contribution in [1.82, 2.24) is 4.81 Å². The van der Waals surface area contributed by atoms with E-state index in [0.717, 1.165) is 6.54 Å². The number of hydrogen-bond donors (Lipinski definition) is 0. The summed E-state index contributed by atoms with van der Waals surface area (Å²) in [7, 11) is 2.07. The number of likely N-dealkylation sites (N-methyl/N-ethyl adjacent to an activating group) is 1. The average Bonchev–Trinajstić information content (AvgIpc) is 3.15. The molecule has 1 saturated heterocycles. The molecule has 6 rings (SSSR count). The molecule has 166 valence electrons. The number of rotatable bonds is 3. The molecule has 0 N–H and O–H groups in total. The first-order chi connectivity index (χ1) is 16.5. The predicted octanol–water partition coefficient (Wildman–Crippen LogP) is 6.76. The highest BCUT2D eigenvalue weighted by Crippen LogP contribution is 2.41. The second-order valence-corrected chi connectivity index (χ2v) is 9.97. The highest BCUT2D eigenvalue weighted by Gasteiger charge is 2.42. The maximum Gasteiger partial charge on any atom is 0.419 e. The van der Waals surface area contributed by atoms with Crippen LogP contribution >= 0.6 is 0 Å². The number of fused-ring (bicyclic) bond motifs is 2. The van der Waals surface area contributed by atoms with E-state index >= 15 is 0 Å². The molecular formula is C31H28BNO. The van der Waals surface area contributed by atoms with Crippen LogP contribution in [-0.4, -0.2) is 31.1 Å². The lowest BCUT2D eigenvalue weighted by molar-refractivity contribution is 0.146. The molecule has 1 aliphatic rings. The van der Waals surface area contributed by atoms with Crippen molar-refractivity contribution >= 4 is 34.1 Å². The van der Waals surface area contributed by atoms with Crippen LogP contribution in [0.3, 0.4) is 0 Å². The molecule has 34 heavy (non-hydrogen) atoms. The first-order valence-corrected chi connectivity index (χ1v) is 12.0. The molecule has 2 nitrogen and oxygen atoms in total. The lowest BCUT2D eigenvalue weighted by atomic mass is 9.67. The average molecular weight is 441 g/mol. The van der Waals surface area contributed by atoms with Crippen molar-refractivity contribution < 1.29 is 4.65 Å². The van der Waals surface area contributed by atoms with Gasteiger partial charge in [-0.2, -0.15) is 0 Å². The van der Waals surface area contributed by atoms with Crippen molar-refractivity contribution in [3.05, 3.63) is 103 Å². The van der Waals surface area contributed by atoms with Gasteiger partial charge in [-0.1, -0.05) is 103 Å². The largest absolute Gasteiger partial charge is 0.419 e. The minimum absolute atomic E-state index is 0.0998. The molecule has 5 aromatic rings. The Balaban J connectivity index is 1.75. The Hall–Kier alpha value is -3.40. The van der Waals surface area contributed by atoms with E-state index in [-0.39, 0.29) is 12.7 Å². The summed E-state index contributed by atoms with van der Waals surface area (Å²) in [5.74, 6) is 0. The van der Waals surface area contributed by atoms with E-state index in [2.05, 4.69) is 129 Å². The van der Waals surface area contributed by atoms with E-state index in [4.69, 9.17) is 4.65 Å². The normalized spacial score (nSPS) is 15.9. The minimum atomic E-state index is -0.191. The van der Waals surface area contributed by atoms with Crippen LogP contribution in [-0.2, 0) is 4.65 Å². The summed E-state index contributed by atoms with van der Waals surface area (Å²) in [5.41, 5.74) is 6.05. The molecular weight excluding hydrogens is 413 g/mol. The fraction of sp³-hybridized carbons (Fsp3) is 0.161. The third kappa shape index (κ3) is 3.53. The van der Waals surface area contributed by atoms with Gasteiger partial charge in [0.25, 0.3) is 0 Å². The van der Waals surface area contributed by atoms with Crippen LogP contribution in [0.5, 0.6) is 0 Å². The van der Waals surface area contributed by atoms with Gasteiger partial charge >= 0.3 is 7.05 Å². The first-order valence-electron chi connectivity index (χ1n) is 12.0. The molecule has 3 heteroatoms. The third-order valence-corrected chi connectivity index (χ3v) is 6.95. The molecule has 0 aromatic heterocycles. The second kappa shape index (κ2) is 8.12. The fourth-order valence-electron chi connectivity index (χ4n) is 5.59. The van der Waals surface area contributed by atoms with Gasteiger partial charge in [-0.05, 0) is 70.2 Å². The Bertz CT molecular complexity index is 1510. The van der Waals surface area contributed by atoms with Gasteiger partial charge in [-0.15, -0.1) is 0 Å². The van der Waals surface area contributed by atoms with Gasteiger partial charge in [-0.3, -0.25) is 0 Å². The first kappa shape index (κ1) is 21.2. The zero-order chi connectivity index (χ0) is 23.3. The summed E-state index contributed by atoms with van der Waals surface area (Å²) in [6.45, 7) is 5.25. The van der Waals surface area contributed by atoms with Gasteiger partial charge < -0.3 is 9.47 Å². The topological polar surface area (TPSA) is 12.5 Å². The van der Waals surface area contributed by atoms with Gasteiger partial charge in [0.15, 0.2) is 0 Å². The zero-order valence-corrected chi connectivity index (χ0v) is 20.0. The van der Waals surface area contributed by atoms with Crippen molar-refractivity contribution in [2.75, 3.05) is 13.6 Å². The van der Waals surface area contributed by atoms with Gasteiger partial charge in [0.1, 0.15) is 0 Å². The van der Waals surface area contributed by atoms with Crippen molar-refractivity contribution in [3.63, 3.8) is 0 Å². The van der Waals surface area contributed by atoms with Crippen LogP contribution in [0.4, 0.5) is 0 Å². The molecule has 0 unspecified atom stereocenters. The molecule has 0 saturated carbocycles. The monoisotopic (exact) mass is 441 g/mol. The van der Waals surface area contributed by atoms with E-state index < -0.39 is 0 Å². The van der Waals surface area contributed by atoms with Crippen molar-refractivity contribution in [2.45, 2.75) is 19.4 Å². The minimum Gasteiger partial charge on any atom is -0.411 e. The van der Waals surface area contributed by atoms with E-state index in [1.165, 1.54) is 49.3 Å². The maximum absolute atomic E-state index is 6.64. The Kier molecular flexibility index (Phi) is 5.06. The molecule has 1 aliphatic heterocycles. The van der Waals surface area contributed by atoms with Gasteiger partial charge in [0.2, 0.25) is 0 Å². The molecule has 0 spiro atoms. The Morgan fingerprint density at radius 2 is 1.26 bits per heavy atom. The van der Waals surface area contributed by atoms with Gasteiger partial charge in [0.05, 0.1) is 5.60 Å². The molecule has 1 heterocycles. The molecule has 0 atom stereocenters. The molecule has 0 radical (unpaired) electrons. The SMILES string of the molecule is CN1CC(C)(C)OB1c1ccc2ccccc2c1-c1c(-c2ccccc2)ccc2ccccc12. The zero-order valence-electron chi connectivity index (χ0n) is 20.0. The van der Waals surface area contributed by atoms with Crippen molar-refractivity contribution in [3.8, 4) is 22.3 Å². The van der Waals surface area contributed by atoms with Crippen LogP contribution in [0.1, 0.15) is 13.8 Å². The number of hydrogen-bond acceptors (Lipinski definition) is 2. The quantitative estimate of drug-likeness (QED) is 0.287. The summed E-state index contributed by atoms with van der Waals surface area (Å²) < 4.78 is 6.64. The predicted molar refractivity (Wildman–Crippen MR) is 146 cm³/mol. The van der Waals surface area contributed by atoms with Crippen molar-refractivity contribution in [1.29, 1.82) is 0 Å². The molecule has 1 fully saturated rings. The summed E-state index contributed by atoms with van der Waals surface area (Å²) >= 11 is 0. The summed E-state index contributed by atoms with van der Waals surface area (Å²) in [6, 6.07) is 37.2. The standard InChI is InChI=1S/C31H28BNO/c1-31(2)21-33(3)32(34-31)28-20-18-24-14-8-10-16-26(24)30(28)29-25-15-9-7-13-23(25)17-19-27(29)22-11-5-4-6-12-22/h4-20H,21H2,1-3H3. The van der Waals surface area contributed by atoms with Gasteiger partial charge in [-0.25, -0.2) is 0 Å². The number of benzene rings is 5. The second-order valence-electron chi connectivity index (χ2n) is 9.97. The fourth-order valence-corrected chi connectivity index (χ4v) is 5.59. The summed E-state index contributed by atoms with van der Waals surface area (Å²) in [5, 5.41) is 5.02. The van der Waals surface area contributed by atoms with Crippen molar-refractivity contribution in [2.24, 2.45) is 0 Å². The molecule has 5 aromatic carbocycles. The van der Waals surface area contributed by atoms with Crippen LogP contribution in [0.2, 0.25) is 0 Å². The highest BCUT2D eigenvalue weighted by atomic mass is 16.5. The lowest BCUT2D eigenvalue weighted by Gasteiger charge is -2.23. The van der Waals surface area contributed by atoms with Crippen LogP contribution in [0.25, 0.3) is 43.8 Å². The van der Waals surface area contributed by atoms with E-state index in [1.807, 2.05) is 0 Å². The Morgan fingerprint density at radius 3 is 1.91 bits per heavy atom. The van der Waals surface area contributed by atoms with E-state index in [9.17, 15) is 0 Å². The summed E-state index contributed by atoms with van der Waals surface area (Å²) in [6.07, 6.45) is 0. The van der Waals surface area contributed by atoms with Crippen LogP contribution < -0.4 is 5.46 Å². The smallest absolute Gasteiger partial charge is 0.411 e. The van der Waals surface area contributed by atoms with Crippen LogP contribution in [0, 0.1) is 0 Å². The lowest BCUT2D eigenvalue weighted by Crippen LogP contribution is -2.43. The van der Waals surface area contributed by atoms with E-state index in [1.54, 1.807) is 0 Å². The molecule has 0 bridgehead atoms. The van der Waals surface area contributed by atoms with Crippen LogP contribution in [0.15, 0.2) is 103 Å². The van der Waals surface area contributed by atoms with E-state index in [0.29, 0.717) is 0 Å². The Morgan fingerprint density at radius 1 is 0.676 bits per heavy atom. The maximum atomic E-state index is 6.64. The van der Waals surface area contributed by atoms with Gasteiger partial charge in [0, 0.05) is 6.54 Å². The summed E-state index contributed by atoms with van der Waals surface area (Å²) in [4.78, 5) is 2.33.